The van der Waals surface area contributed by atoms with Gasteiger partial charge in [-0.25, -0.2) is 13.1 Å². The maximum Gasteiger partial charge on any atom is 0.250 e. The number of rotatable bonds is 3. The van der Waals surface area contributed by atoms with Crippen molar-refractivity contribution in [3.63, 3.8) is 0 Å². The molecule has 0 aliphatic carbocycles. The molecule has 0 unspecified atom stereocenters. The zero-order chi connectivity index (χ0) is 9.78. The van der Waals surface area contributed by atoms with Crippen molar-refractivity contribution in [3.05, 3.63) is 11.0 Å². The van der Waals surface area contributed by atoms with Crippen molar-refractivity contribution in [2.24, 2.45) is 0 Å². The van der Waals surface area contributed by atoms with Gasteiger partial charge in [0, 0.05) is 6.04 Å². The summed E-state index contributed by atoms with van der Waals surface area (Å²) in [4.78, 5) is -0.240. The van der Waals surface area contributed by atoms with Crippen molar-refractivity contribution in [1.29, 1.82) is 5.26 Å². The molecular formula is C7H12N2O2S. The fraction of sp³-hybridized carbons (Fsp3) is 0.571. The van der Waals surface area contributed by atoms with Crippen molar-refractivity contribution in [3.8, 4) is 6.07 Å². The van der Waals surface area contributed by atoms with Gasteiger partial charge in [-0.2, -0.15) is 5.26 Å². The molecule has 0 aromatic heterocycles. The third-order valence-corrected chi connectivity index (χ3v) is 2.74. The first-order chi connectivity index (χ1) is 5.44. The molecular weight excluding hydrogens is 176 g/mol. The minimum absolute atomic E-state index is 0.196. The van der Waals surface area contributed by atoms with Crippen LogP contribution < -0.4 is 4.72 Å². The van der Waals surface area contributed by atoms with Crippen LogP contribution in [-0.4, -0.2) is 14.5 Å². The number of nitrogens with one attached hydrogen (secondary N) is 1. The fourth-order valence-corrected chi connectivity index (χ4v) is 1.83. The summed E-state index contributed by atoms with van der Waals surface area (Å²) >= 11 is 0. The summed E-state index contributed by atoms with van der Waals surface area (Å²) in [6.07, 6.45) is 1.27. The summed E-state index contributed by atoms with van der Waals surface area (Å²) < 4.78 is 24.7. The second-order valence-corrected chi connectivity index (χ2v) is 4.22. The Hall–Kier alpha value is -0.860. The van der Waals surface area contributed by atoms with Gasteiger partial charge in [0.15, 0.2) is 4.91 Å². The van der Waals surface area contributed by atoms with E-state index in [1.807, 2.05) is 0 Å². The first-order valence-corrected chi connectivity index (χ1v) is 5.01. The van der Waals surface area contributed by atoms with E-state index in [4.69, 9.17) is 5.26 Å². The smallest absolute Gasteiger partial charge is 0.208 e. The molecule has 0 saturated heterocycles. The zero-order valence-electron chi connectivity index (χ0n) is 7.33. The van der Waals surface area contributed by atoms with Gasteiger partial charge in [0.2, 0.25) is 0 Å². The first kappa shape index (κ1) is 11.1. The number of hydrogen-bond donors (Lipinski definition) is 1. The van der Waals surface area contributed by atoms with Gasteiger partial charge in [0.1, 0.15) is 6.07 Å². The third kappa shape index (κ3) is 3.03. The maximum atomic E-state index is 11.2. The standard InChI is InChI=1S/C7H12N2O2S/c1-4-7(5-8)12(10,11)9-6(2)3/h4,6,9H,1-3H3/b7-4+. The monoisotopic (exact) mass is 188 g/mol. The predicted octanol–water partition coefficient (Wildman–Crippen LogP) is 0.742. The highest BCUT2D eigenvalue weighted by Gasteiger charge is 2.16. The van der Waals surface area contributed by atoms with Crippen LogP contribution in [0.4, 0.5) is 0 Å². The number of allylic oxidation sites excluding steroid dienone is 2. The Morgan fingerprint density at radius 1 is 1.58 bits per heavy atom. The summed E-state index contributed by atoms with van der Waals surface area (Å²) in [6, 6.07) is 1.41. The van der Waals surface area contributed by atoms with E-state index < -0.39 is 10.0 Å². The van der Waals surface area contributed by atoms with E-state index in [1.54, 1.807) is 19.9 Å². The van der Waals surface area contributed by atoms with E-state index in [-0.39, 0.29) is 10.9 Å². The molecule has 0 heterocycles. The highest BCUT2D eigenvalue weighted by Crippen LogP contribution is 2.02. The highest BCUT2D eigenvalue weighted by molar-refractivity contribution is 7.93. The van der Waals surface area contributed by atoms with E-state index in [1.165, 1.54) is 13.0 Å². The molecule has 0 radical (unpaired) electrons. The summed E-state index contributed by atoms with van der Waals surface area (Å²) in [5.74, 6) is 0. The highest BCUT2D eigenvalue weighted by atomic mass is 32.2. The second kappa shape index (κ2) is 4.24. The average Bonchev–Trinajstić information content (AvgIpc) is 1.85. The molecule has 0 amide bonds. The molecule has 0 saturated carbocycles. The lowest BCUT2D eigenvalue weighted by Crippen LogP contribution is -2.30. The predicted molar refractivity (Wildman–Crippen MR) is 46.6 cm³/mol. The SMILES string of the molecule is C/C=C(\C#N)S(=O)(=O)NC(C)C. The Kier molecular flexibility index (Phi) is 3.93. The molecule has 5 heteroatoms. The van der Waals surface area contributed by atoms with Gasteiger partial charge in [-0.05, 0) is 20.8 Å². The third-order valence-electron chi connectivity index (χ3n) is 1.05. The van der Waals surface area contributed by atoms with Crippen molar-refractivity contribution >= 4 is 10.0 Å². The lowest BCUT2D eigenvalue weighted by molar-refractivity contribution is 0.577. The molecule has 0 aliphatic heterocycles. The molecule has 0 fully saturated rings. The molecule has 0 rings (SSSR count). The van der Waals surface area contributed by atoms with Crippen LogP contribution in [0.2, 0.25) is 0 Å². The average molecular weight is 188 g/mol. The Bertz CT molecular complexity index is 309. The number of sulfonamides is 1. The largest absolute Gasteiger partial charge is 0.250 e. The first-order valence-electron chi connectivity index (χ1n) is 3.52. The second-order valence-electron chi connectivity index (χ2n) is 2.54. The van der Waals surface area contributed by atoms with Crippen LogP contribution in [0, 0.1) is 11.3 Å². The van der Waals surface area contributed by atoms with E-state index in [2.05, 4.69) is 4.72 Å². The molecule has 0 aliphatic rings. The minimum atomic E-state index is -3.57. The van der Waals surface area contributed by atoms with Crippen molar-refractivity contribution in [2.75, 3.05) is 0 Å². The molecule has 0 bridgehead atoms. The van der Waals surface area contributed by atoms with E-state index >= 15 is 0 Å². The van der Waals surface area contributed by atoms with Gasteiger partial charge < -0.3 is 0 Å². The minimum Gasteiger partial charge on any atom is -0.208 e. The van der Waals surface area contributed by atoms with Crippen molar-refractivity contribution in [1.82, 2.24) is 4.72 Å². The van der Waals surface area contributed by atoms with Gasteiger partial charge in [0.05, 0.1) is 0 Å². The van der Waals surface area contributed by atoms with Crippen LogP contribution >= 0.6 is 0 Å². The van der Waals surface area contributed by atoms with Crippen LogP contribution in [0.15, 0.2) is 11.0 Å². The molecule has 0 atom stereocenters. The molecule has 0 aromatic carbocycles. The Balaban J connectivity index is 4.78. The Morgan fingerprint density at radius 3 is 2.33 bits per heavy atom. The van der Waals surface area contributed by atoms with Gasteiger partial charge in [-0.1, -0.05) is 6.08 Å². The Labute approximate surface area is 72.9 Å². The summed E-state index contributed by atoms with van der Waals surface area (Å²) in [6.45, 7) is 4.91. The Morgan fingerprint density at radius 2 is 2.08 bits per heavy atom. The molecule has 4 nitrogen and oxygen atoms in total. The molecule has 1 N–H and O–H groups in total. The quantitative estimate of drug-likeness (QED) is 0.664. The van der Waals surface area contributed by atoms with Crippen LogP contribution in [0.1, 0.15) is 20.8 Å². The van der Waals surface area contributed by atoms with Crippen LogP contribution in [0.25, 0.3) is 0 Å². The maximum absolute atomic E-state index is 11.2. The van der Waals surface area contributed by atoms with Crippen LogP contribution in [0.5, 0.6) is 0 Å². The zero-order valence-corrected chi connectivity index (χ0v) is 8.14. The fourth-order valence-electron chi connectivity index (χ4n) is 0.654. The van der Waals surface area contributed by atoms with E-state index in [0.29, 0.717) is 0 Å². The van der Waals surface area contributed by atoms with Gasteiger partial charge >= 0.3 is 0 Å². The molecule has 0 spiro atoms. The topological polar surface area (TPSA) is 70.0 Å². The van der Waals surface area contributed by atoms with Crippen LogP contribution in [0.3, 0.4) is 0 Å². The summed E-state index contributed by atoms with van der Waals surface area (Å²) in [5.41, 5.74) is 0. The summed E-state index contributed by atoms with van der Waals surface area (Å²) in [7, 11) is -3.57. The lowest BCUT2D eigenvalue weighted by atomic mass is 10.4. The normalized spacial score (nSPS) is 13.1. The van der Waals surface area contributed by atoms with Crippen LogP contribution in [-0.2, 0) is 10.0 Å². The van der Waals surface area contributed by atoms with Crippen molar-refractivity contribution < 1.29 is 8.42 Å². The molecule has 68 valence electrons. The van der Waals surface area contributed by atoms with Gasteiger partial charge in [0.25, 0.3) is 10.0 Å². The van der Waals surface area contributed by atoms with E-state index in [9.17, 15) is 8.42 Å². The number of nitrogens with zero attached hydrogens (tertiary/aromatic N) is 1. The number of hydrogen-bond acceptors (Lipinski definition) is 3. The lowest BCUT2D eigenvalue weighted by Gasteiger charge is -2.07. The van der Waals surface area contributed by atoms with E-state index in [0.717, 1.165) is 0 Å². The molecule has 12 heavy (non-hydrogen) atoms. The van der Waals surface area contributed by atoms with Gasteiger partial charge in [-0.3, -0.25) is 0 Å². The molecule has 0 aromatic rings. The summed E-state index contributed by atoms with van der Waals surface area (Å²) in [5, 5.41) is 8.44. The number of nitriles is 1. The van der Waals surface area contributed by atoms with Crippen molar-refractivity contribution in [2.45, 2.75) is 26.8 Å². The van der Waals surface area contributed by atoms with Gasteiger partial charge in [-0.15, -0.1) is 0 Å².